The van der Waals surface area contributed by atoms with Gasteiger partial charge in [0.25, 0.3) is 5.89 Å². The summed E-state index contributed by atoms with van der Waals surface area (Å²) in [7, 11) is 4.29. The number of nitrogens with zero attached hydrogens (tertiary/aromatic N) is 5. The molecule has 1 atom stereocenters. The molecule has 0 radical (unpaired) electrons. The quantitative estimate of drug-likeness (QED) is 0.722. The van der Waals surface area contributed by atoms with Crippen LogP contribution in [0.3, 0.4) is 0 Å². The van der Waals surface area contributed by atoms with E-state index in [4.69, 9.17) is 4.52 Å². The third-order valence-electron chi connectivity index (χ3n) is 5.02. The van der Waals surface area contributed by atoms with Crippen molar-refractivity contribution in [2.45, 2.75) is 25.9 Å². The van der Waals surface area contributed by atoms with Crippen molar-refractivity contribution < 1.29 is 4.52 Å². The monoisotopic (exact) mass is 349 g/mol. The highest BCUT2D eigenvalue weighted by atomic mass is 16.5. The summed E-state index contributed by atoms with van der Waals surface area (Å²) < 4.78 is 5.20. The van der Waals surface area contributed by atoms with Crippen molar-refractivity contribution in [2.75, 3.05) is 25.5 Å². The molecule has 3 aromatic rings. The zero-order valence-electron chi connectivity index (χ0n) is 15.4. The zero-order valence-corrected chi connectivity index (χ0v) is 15.4. The molecular weight excluding hydrogens is 326 g/mol. The van der Waals surface area contributed by atoms with E-state index >= 15 is 0 Å². The number of aromatic nitrogens is 3. The minimum Gasteiger partial charge on any atom is -0.358 e. The molecule has 134 valence electrons. The second kappa shape index (κ2) is 6.88. The minimum atomic E-state index is 0.468. The fourth-order valence-corrected chi connectivity index (χ4v) is 3.48. The number of benzene rings is 1. The highest BCUT2D eigenvalue weighted by Gasteiger charge is 2.24. The van der Waals surface area contributed by atoms with Crippen molar-refractivity contribution in [1.82, 2.24) is 20.0 Å². The molecule has 0 aliphatic carbocycles. The van der Waals surface area contributed by atoms with E-state index in [0.29, 0.717) is 17.8 Å². The molecule has 1 aromatic carbocycles. The van der Waals surface area contributed by atoms with Gasteiger partial charge in [-0.1, -0.05) is 29.4 Å². The van der Waals surface area contributed by atoms with Crippen LogP contribution in [0.4, 0.5) is 5.82 Å². The average molecular weight is 349 g/mol. The lowest BCUT2D eigenvalue weighted by atomic mass is 9.94. The SMILES string of the molecule is Cc1noc(-c2ccc(N(C)C[C@H]3Cc4ccccc4CN3C)nc2)n1. The van der Waals surface area contributed by atoms with Gasteiger partial charge < -0.3 is 9.42 Å². The van der Waals surface area contributed by atoms with Crippen molar-refractivity contribution >= 4 is 5.82 Å². The molecule has 0 saturated carbocycles. The van der Waals surface area contributed by atoms with Gasteiger partial charge in [-0.25, -0.2) is 4.98 Å². The van der Waals surface area contributed by atoms with Crippen molar-refractivity contribution in [2.24, 2.45) is 0 Å². The Morgan fingerprint density at radius 1 is 1.19 bits per heavy atom. The average Bonchev–Trinajstić information content (AvgIpc) is 3.09. The fraction of sp³-hybridized carbons (Fsp3) is 0.350. The summed E-state index contributed by atoms with van der Waals surface area (Å²) in [5, 5.41) is 3.82. The zero-order chi connectivity index (χ0) is 18.1. The maximum absolute atomic E-state index is 5.20. The fourth-order valence-electron chi connectivity index (χ4n) is 3.48. The van der Waals surface area contributed by atoms with Gasteiger partial charge in [0, 0.05) is 32.4 Å². The topological polar surface area (TPSA) is 58.3 Å². The van der Waals surface area contributed by atoms with Crippen LogP contribution in [0.1, 0.15) is 17.0 Å². The highest BCUT2D eigenvalue weighted by Crippen LogP contribution is 2.24. The molecule has 1 aliphatic heterocycles. The van der Waals surface area contributed by atoms with Gasteiger partial charge in [-0.3, -0.25) is 4.90 Å². The van der Waals surface area contributed by atoms with E-state index in [1.165, 1.54) is 11.1 Å². The van der Waals surface area contributed by atoms with Crippen LogP contribution in [0.2, 0.25) is 0 Å². The molecule has 2 aromatic heterocycles. The van der Waals surface area contributed by atoms with E-state index in [1.54, 1.807) is 13.1 Å². The molecule has 6 nitrogen and oxygen atoms in total. The first-order chi connectivity index (χ1) is 12.6. The smallest absolute Gasteiger partial charge is 0.259 e. The molecule has 0 bridgehead atoms. The molecule has 0 N–H and O–H groups in total. The Bertz CT molecular complexity index is 889. The minimum absolute atomic E-state index is 0.468. The molecule has 0 saturated heterocycles. The molecule has 4 rings (SSSR count). The lowest BCUT2D eigenvalue weighted by Gasteiger charge is -2.36. The molecule has 26 heavy (non-hydrogen) atoms. The van der Waals surface area contributed by atoms with Gasteiger partial charge >= 0.3 is 0 Å². The van der Waals surface area contributed by atoms with Crippen LogP contribution in [0, 0.1) is 6.92 Å². The van der Waals surface area contributed by atoms with E-state index < -0.39 is 0 Å². The van der Waals surface area contributed by atoms with Gasteiger partial charge in [-0.15, -0.1) is 0 Å². The Balaban J connectivity index is 1.45. The number of aryl methyl sites for hydroxylation is 1. The van der Waals surface area contributed by atoms with E-state index in [2.05, 4.69) is 63.3 Å². The largest absolute Gasteiger partial charge is 0.358 e. The summed E-state index contributed by atoms with van der Waals surface area (Å²) in [6.45, 7) is 3.73. The maximum Gasteiger partial charge on any atom is 0.259 e. The molecule has 0 spiro atoms. The molecular formula is C20H23N5O. The first kappa shape index (κ1) is 16.7. The lowest BCUT2D eigenvalue weighted by Crippen LogP contribution is -2.44. The summed E-state index contributed by atoms with van der Waals surface area (Å²) in [5.74, 6) is 2.08. The van der Waals surface area contributed by atoms with Gasteiger partial charge in [0.05, 0.1) is 5.56 Å². The van der Waals surface area contributed by atoms with Gasteiger partial charge in [-0.2, -0.15) is 4.98 Å². The maximum atomic E-state index is 5.20. The van der Waals surface area contributed by atoms with Crippen LogP contribution in [0.25, 0.3) is 11.5 Å². The Labute approximate surface area is 153 Å². The highest BCUT2D eigenvalue weighted by molar-refractivity contribution is 5.54. The van der Waals surface area contributed by atoms with Gasteiger partial charge in [-0.05, 0) is 43.7 Å². The Morgan fingerprint density at radius 3 is 2.69 bits per heavy atom. The number of hydrogen-bond acceptors (Lipinski definition) is 6. The Hall–Kier alpha value is -2.73. The van der Waals surface area contributed by atoms with Crippen LogP contribution in [-0.2, 0) is 13.0 Å². The van der Waals surface area contributed by atoms with Crippen LogP contribution >= 0.6 is 0 Å². The summed E-state index contributed by atoms with van der Waals surface area (Å²) >= 11 is 0. The van der Waals surface area contributed by atoms with Crippen LogP contribution < -0.4 is 4.90 Å². The number of fused-ring (bicyclic) bond motifs is 1. The van der Waals surface area contributed by atoms with Crippen molar-refractivity contribution in [1.29, 1.82) is 0 Å². The molecule has 0 unspecified atom stereocenters. The molecule has 1 aliphatic rings. The number of anilines is 1. The normalized spacial score (nSPS) is 17.1. The van der Waals surface area contributed by atoms with E-state index in [0.717, 1.165) is 30.9 Å². The summed E-state index contributed by atoms with van der Waals surface area (Å²) in [6, 6.07) is 13.2. The van der Waals surface area contributed by atoms with Crippen molar-refractivity contribution in [3.8, 4) is 11.5 Å². The number of hydrogen-bond donors (Lipinski definition) is 0. The molecule has 6 heteroatoms. The molecule has 0 amide bonds. The van der Waals surface area contributed by atoms with Crippen LogP contribution in [0.15, 0.2) is 47.1 Å². The van der Waals surface area contributed by atoms with Crippen molar-refractivity contribution in [3.05, 3.63) is 59.5 Å². The second-order valence-corrected chi connectivity index (χ2v) is 6.97. The molecule has 0 fully saturated rings. The van der Waals surface area contributed by atoms with E-state index in [-0.39, 0.29) is 0 Å². The number of likely N-dealkylation sites (N-methyl/N-ethyl adjacent to an activating group) is 2. The second-order valence-electron chi connectivity index (χ2n) is 6.97. The van der Waals surface area contributed by atoms with Gasteiger partial charge in [0.1, 0.15) is 5.82 Å². The Kier molecular flexibility index (Phi) is 4.42. The van der Waals surface area contributed by atoms with Crippen LogP contribution in [0.5, 0.6) is 0 Å². The number of rotatable bonds is 4. The first-order valence-electron chi connectivity index (χ1n) is 8.85. The predicted octanol–water partition coefficient (Wildman–Crippen LogP) is 2.93. The third kappa shape index (κ3) is 3.32. The summed E-state index contributed by atoms with van der Waals surface area (Å²) in [4.78, 5) is 13.5. The number of pyridine rings is 1. The standard InChI is InChI=1S/C20H23N5O/c1-14-22-20(26-23-14)16-8-9-19(21-11-16)25(3)13-18-10-15-6-4-5-7-17(15)12-24(18)2/h4-9,11,18H,10,12-13H2,1-3H3/t18-/m1/s1. The predicted molar refractivity (Wildman–Crippen MR) is 101 cm³/mol. The summed E-state index contributed by atoms with van der Waals surface area (Å²) in [5.41, 5.74) is 3.73. The van der Waals surface area contributed by atoms with Gasteiger partial charge in [0.2, 0.25) is 0 Å². The van der Waals surface area contributed by atoms with Crippen molar-refractivity contribution in [3.63, 3.8) is 0 Å². The van der Waals surface area contributed by atoms with E-state index in [9.17, 15) is 0 Å². The van der Waals surface area contributed by atoms with Crippen LogP contribution in [-0.4, -0.2) is 46.7 Å². The first-order valence-corrected chi connectivity index (χ1v) is 8.85. The van der Waals surface area contributed by atoms with Gasteiger partial charge in [0.15, 0.2) is 5.82 Å². The molecule has 3 heterocycles. The Morgan fingerprint density at radius 2 is 2.00 bits per heavy atom. The van der Waals surface area contributed by atoms with E-state index in [1.807, 2.05) is 12.1 Å². The third-order valence-corrected chi connectivity index (χ3v) is 5.02. The summed E-state index contributed by atoms with van der Waals surface area (Å²) in [6.07, 6.45) is 2.86. The lowest BCUT2D eigenvalue weighted by molar-refractivity contribution is 0.219.